The van der Waals surface area contributed by atoms with Crippen LogP contribution < -0.4 is 5.32 Å². The predicted octanol–water partition coefficient (Wildman–Crippen LogP) is 1.56. The molecule has 18 heavy (non-hydrogen) atoms. The molecule has 0 bridgehead atoms. The van der Waals surface area contributed by atoms with E-state index in [9.17, 15) is 13.2 Å². The fraction of sp³-hybridized carbons (Fsp3) is 1.00. The maximum Gasteiger partial charge on any atom is 0.401 e. The zero-order valence-electron chi connectivity index (χ0n) is 11.1. The number of rotatable bonds is 7. The number of hydrogen-bond donors (Lipinski definition) is 1. The summed E-state index contributed by atoms with van der Waals surface area (Å²) in [5, 5.41) is 3.33. The van der Waals surface area contributed by atoms with Gasteiger partial charge in [0.2, 0.25) is 0 Å². The first-order chi connectivity index (χ1) is 8.51. The van der Waals surface area contributed by atoms with E-state index < -0.39 is 12.7 Å². The maximum atomic E-state index is 12.2. The number of nitrogens with one attached hydrogen (secondary N) is 1. The molecule has 1 saturated heterocycles. The monoisotopic (exact) mass is 267 g/mol. The predicted molar refractivity (Wildman–Crippen MR) is 66.7 cm³/mol. The van der Waals surface area contributed by atoms with Gasteiger partial charge in [-0.2, -0.15) is 13.2 Å². The minimum atomic E-state index is -4.06. The van der Waals surface area contributed by atoms with E-state index in [4.69, 9.17) is 0 Å². The Bertz CT molecular complexity index is 213. The van der Waals surface area contributed by atoms with Crippen molar-refractivity contribution in [1.82, 2.24) is 15.1 Å². The molecule has 1 aliphatic rings. The van der Waals surface area contributed by atoms with Crippen LogP contribution in [0.5, 0.6) is 0 Å². The molecule has 108 valence electrons. The van der Waals surface area contributed by atoms with Gasteiger partial charge in [0.15, 0.2) is 0 Å². The van der Waals surface area contributed by atoms with Gasteiger partial charge in [-0.3, -0.25) is 4.90 Å². The lowest BCUT2D eigenvalue weighted by molar-refractivity contribution is -0.149. The smallest absolute Gasteiger partial charge is 0.317 e. The molecular formula is C12H24F3N3. The van der Waals surface area contributed by atoms with Crippen LogP contribution in [0.4, 0.5) is 13.2 Å². The summed E-state index contributed by atoms with van der Waals surface area (Å²) in [6, 6.07) is 0. The van der Waals surface area contributed by atoms with Gasteiger partial charge in [-0.1, -0.05) is 6.92 Å². The second-order valence-electron chi connectivity index (χ2n) is 4.84. The first kappa shape index (κ1) is 15.7. The van der Waals surface area contributed by atoms with Crippen molar-refractivity contribution in [2.24, 2.45) is 0 Å². The van der Waals surface area contributed by atoms with E-state index in [0.29, 0.717) is 13.1 Å². The highest BCUT2D eigenvalue weighted by atomic mass is 19.4. The highest BCUT2D eigenvalue weighted by Crippen LogP contribution is 2.17. The highest BCUT2D eigenvalue weighted by molar-refractivity contribution is 4.74. The Morgan fingerprint density at radius 2 is 1.61 bits per heavy atom. The Balaban J connectivity index is 2.05. The summed E-state index contributed by atoms with van der Waals surface area (Å²) in [5.74, 6) is 0. The highest BCUT2D eigenvalue weighted by Gasteiger charge is 2.31. The molecule has 3 nitrogen and oxygen atoms in total. The number of halogens is 3. The van der Waals surface area contributed by atoms with Crippen LogP contribution in [0.2, 0.25) is 0 Å². The van der Waals surface area contributed by atoms with E-state index in [2.05, 4.69) is 17.1 Å². The van der Waals surface area contributed by atoms with Gasteiger partial charge >= 0.3 is 6.18 Å². The summed E-state index contributed by atoms with van der Waals surface area (Å²) in [6.45, 7) is 6.95. The number of alkyl halides is 3. The lowest BCUT2D eigenvalue weighted by Crippen LogP contribution is -2.49. The third kappa shape index (κ3) is 7.18. The molecule has 0 amide bonds. The molecule has 0 radical (unpaired) electrons. The Hall–Kier alpha value is -0.330. The van der Waals surface area contributed by atoms with E-state index in [1.807, 2.05) is 0 Å². The molecule has 1 aliphatic heterocycles. The van der Waals surface area contributed by atoms with Crippen LogP contribution in [0.25, 0.3) is 0 Å². The second-order valence-corrected chi connectivity index (χ2v) is 4.84. The minimum Gasteiger partial charge on any atom is -0.317 e. The van der Waals surface area contributed by atoms with Crippen LogP contribution in [0.15, 0.2) is 0 Å². The first-order valence-electron chi connectivity index (χ1n) is 6.73. The van der Waals surface area contributed by atoms with Crippen molar-refractivity contribution in [3.05, 3.63) is 0 Å². The molecule has 1 rings (SSSR count). The molecule has 0 aromatic carbocycles. The van der Waals surface area contributed by atoms with Crippen LogP contribution in [0, 0.1) is 0 Å². The zero-order chi connectivity index (χ0) is 13.4. The second kappa shape index (κ2) is 7.96. The summed E-state index contributed by atoms with van der Waals surface area (Å²) < 4.78 is 36.6. The van der Waals surface area contributed by atoms with Gasteiger partial charge in [0, 0.05) is 26.2 Å². The average molecular weight is 267 g/mol. The Kier molecular flexibility index (Phi) is 6.96. The van der Waals surface area contributed by atoms with Gasteiger partial charge in [-0.25, -0.2) is 0 Å². The zero-order valence-corrected chi connectivity index (χ0v) is 11.1. The van der Waals surface area contributed by atoms with Crippen molar-refractivity contribution in [1.29, 1.82) is 0 Å². The number of hydrogen-bond acceptors (Lipinski definition) is 3. The van der Waals surface area contributed by atoms with E-state index in [1.165, 1.54) is 4.90 Å². The third-order valence-corrected chi connectivity index (χ3v) is 3.12. The fourth-order valence-corrected chi connectivity index (χ4v) is 2.15. The van der Waals surface area contributed by atoms with Crippen LogP contribution in [-0.4, -0.2) is 68.3 Å². The van der Waals surface area contributed by atoms with E-state index in [1.54, 1.807) is 0 Å². The fourth-order valence-electron chi connectivity index (χ4n) is 2.15. The molecule has 0 aliphatic carbocycles. The van der Waals surface area contributed by atoms with Gasteiger partial charge in [0.05, 0.1) is 6.54 Å². The van der Waals surface area contributed by atoms with Crippen molar-refractivity contribution in [2.45, 2.75) is 25.9 Å². The van der Waals surface area contributed by atoms with Gasteiger partial charge in [-0.15, -0.1) is 0 Å². The standard InChI is InChI=1S/C12H24F3N3/c1-2-4-16-5-3-6-17-7-9-18(10-8-17)11-12(13,14)15/h16H,2-11H2,1H3. The largest absolute Gasteiger partial charge is 0.401 e. The van der Waals surface area contributed by atoms with Crippen molar-refractivity contribution in [3.8, 4) is 0 Å². The van der Waals surface area contributed by atoms with Gasteiger partial charge < -0.3 is 10.2 Å². The topological polar surface area (TPSA) is 18.5 Å². The van der Waals surface area contributed by atoms with E-state index in [0.717, 1.165) is 45.6 Å². The molecule has 1 fully saturated rings. The normalized spacial score (nSPS) is 19.3. The summed E-state index contributed by atoms with van der Waals surface area (Å²) >= 11 is 0. The number of nitrogens with zero attached hydrogens (tertiary/aromatic N) is 2. The molecule has 1 heterocycles. The Labute approximate surface area is 107 Å². The summed E-state index contributed by atoms with van der Waals surface area (Å²) in [6.07, 6.45) is -1.86. The number of piperazine rings is 1. The lowest BCUT2D eigenvalue weighted by atomic mass is 10.3. The summed E-state index contributed by atoms with van der Waals surface area (Å²) in [4.78, 5) is 3.74. The van der Waals surface area contributed by atoms with Crippen molar-refractivity contribution in [2.75, 3.05) is 52.4 Å². The minimum absolute atomic E-state index is 0.530. The molecule has 0 aromatic rings. The van der Waals surface area contributed by atoms with Crippen molar-refractivity contribution >= 4 is 0 Å². The molecule has 0 atom stereocenters. The quantitative estimate of drug-likeness (QED) is 0.706. The lowest BCUT2D eigenvalue weighted by Gasteiger charge is -2.34. The van der Waals surface area contributed by atoms with Crippen molar-refractivity contribution in [3.63, 3.8) is 0 Å². The van der Waals surface area contributed by atoms with E-state index in [-0.39, 0.29) is 0 Å². The van der Waals surface area contributed by atoms with Crippen LogP contribution in [0.1, 0.15) is 19.8 Å². The van der Waals surface area contributed by atoms with Gasteiger partial charge in [0.25, 0.3) is 0 Å². The first-order valence-corrected chi connectivity index (χ1v) is 6.73. The molecule has 0 saturated carbocycles. The molecule has 0 spiro atoms. The summed E-state index contributed by atoms with van der Waals surface area (Å²) in [5.41, 5.74) is 0. The average Bonchev–Trinajstić information content (AvgIpc) is 2.29. The molecule has 0 aromatic heterocycles. The maximum absolute atomic E-state index is 12.2. The Morgan fingerprint density at radius 1 is 1.00 bits per heavy atom. The van der Waals surface area contributed by atoms with Gasteiger partial charge in [-0.05, 0) is 32.5 Å². The van der Waals surface area contributed by atoms with Crippen LogP contribution in [-0.2, 0) is 0 Å². The SMILES string of the molecule is CCCNCCCN1CCN(CC(F)(F)F)CC1. The third-order valence-electron chi connectivity index (χ3n) is 3.12. The summed E-state index contributed by atoms with van der Waals surface area (Å²) in [7, 11) is 0. The van der Waals surface area contributed by atoms with Crippen molar-refractivity contribution < 1.29 is 13.2 Å². The van der Waals surface area contributed by atoms with Crippen LogP contribution >= 0.6 is 0 Å². The van der Waals surface area contributed by atoms with Crippen LogP contribution in [0.3, 0.4) is 0 Å². The molecule has 1 N–H and O–H groups in total. The Morgan fingerprint density at radius 3 is 2.17 bits per heavy atom. The molecule has 6 heteroatoms. The van der Waals surface area contributed by atoms with Gasteiger partial charge in [0.1, 0.15) is 0 Å². The molecule has 0 unspecified atom stereocenters. The van der Waals surface area contributed by atoms with E-state index >= 15 is 0 Å². The molecular weight excluding hydrogens is 243 g/mol.